The average Bonchev–Trinajstić information content (AvgIpc) is 2.90. The zero-order valence-electron chi connectivity index (χ0n) is 11.0. The zero-order valence-corrected chi connectivity index (χ0v) is 11.8. The van der Waals surface area contributed by atoms with E-state index in [9.17, 15) is 9.90 Å². The van der Waals surface area contributed by atoms with E-state index in [0.717, 1.165) is 27.3 Å². The van der Waals surface area contributed by atoms with E-state index in [1.807, 2.05) is 25.1 Å². The Bertz CT molecular complexity index is 817. The number of hydrogen-bond donors (Lipinski definition) is 1. The van der Waals surface area contributed by atoms with Crippen molar-refractivity contribution in [3.8, 4) is 10.4 Å². The second-order valence-electron chi connectivity index (χ2n) is 4.74. The van der Waals surface area contributed by atoms with Gasteiger partial charge in [-0.1, -0.05) is 23.8 Å². The normalized spacial score (nSPS) is 13.6. The van der Waals surface area contributed by atoms with Gasteiger partial charge < -0.3 is 5.11 Å². The largest absolute Gasteiger partial charge is 0.478 e. The van der Waals surface area contributed by atoms with Crippen LogP contribution in [0.1, 0.15) is 23.7 Å². The first-order valence-electron chi connectivity index (χ1n) is 6.29. The van der Waals surface area contributed by atoms with Crippen LogP contribution in [0, 0.1) is 0 Å². The minimum atomic E-state index is -0.902. The van der Waals surface area contributed by atoms with Gasteiger partial charge in [0.25, 0.3) is 0 Å². The molecule has 1 aromatic carbocycles. The predicted molar refractivity (Wildman–Crippen MR) is 81.1 cm³/mol. The van der Waals surface area contributed by atoms with Crippen LogP contribution in [-0.4, -0.2) is 16.1 Å². The van der Waals surface area contributed by atoms with E-state index in [-0.39, 0.29) is 0 Å². The van der Waals surface area contributed by atoms with E-state index in [2.05, 4.69) is 11.1 Å². The molecular formula is C16H13NO2S. The average molecular weight is 283 g/mol. The van der Waals surface area contributed by atoms with Gasteiger partial charge in [-0.3, -0.25) is 4.98 Å². The van der Waals surface area contributed by atoms with Crippen LogP contribution in [0.4, 0.5) is 0 Å². The van der Waals surface area contributed by atoms with Crippen LogP contribution in [0.15, 0.2) is 36.0 Å². The molecule has 0 saturated carbocycles. The molecule has 1 aromatic heterocycles. The summed E-state index contributed by atoms with van der Waals surface area (Å²) in [6.07, 6.45) is 8.70. The van der Waals surface area contributed by atoms with Crippen LogP contribution in [0.2, 0.25) is 0 Å². The summed E-state index contributed by atoms with van der Waals surface area (Å²) in [6.45, 7) is 2.04. The van der Waals surface area contributed by atoms with Gasteiger partial charge in [0.2, 0.25) is 0 Å². The lowest BCUT2D eigenvalue weighted by molar-refractivity contribution is 0.0697. The standard InChI is InChI=1S/C16H13NO2S/c1-10-4-2-3-5-11-6-13(15-8-17-9-20-15)14(16(18)19)7-12(10)11/h2-3,5-9H,4H2,1H3,(H,18,19). The summed E-state index contributed by atoms with van der Waals surface area (Å²) >= 11 is 1.45. The van der Waals surface area contributed by atoms with E-state index in [1.165, 1.54) is 16.9 Å². The first-order valence-corrected chi connectivity index (χ1v) is 7.17. The third-order valence-corrected chi connectivity index (χ3v) is 4.22. The van der Waals surface area contributed by atoms with Gasteiger partial charge in [-0.15, -0.1) is 11.3 Å². The fraction of sp³-hybridized carbons (Fsp3) is 0.125. The number of rotatable bonds is 2. The maximum absolute atomic E-state index is 11.5. The van der Waals surface area contributed by atoms with Crippen molar-refractivity contribution in [2.24, 2.45) is 0 Å². The number of thiazole rings is 1. The van der Waals surface area contributed by atoms with Crippen LogP contribution in [0.5, 0.6) is 0 Å². The van der Waals surface area contributed by atoms with Gasteiger partial charge in [-0.25, -0.2) is 4.79 Å². The molecule has 0 unspecified atom stereocenters. The molecule has 1 aliphatic carbocycles. The lowest BCUT2D eigenvalue weighted by Gasteiger charge is -2.06. The third kappa shape index (κ3) is 2.18. The number of benzene rings is 1. The number of carboxylic acids is 1. The molecule has 3 rings (SSSR count). The van der Waals surface area contributed by atoms with Gasteiger partial charge in [-0.05, 0) is 35.9 Å². The molecule has 0 radical (unpaired) electrons. The predicted octanol–water partition coefficient (Wildman–Crippen LogP) is 2.42. The van der Waals surface area contributed by atoms with Crippen molar-refractivity contribution in [2.45, 2.75) is 13.3 Å². The van der Waals surface area contributed by atoms with Gasteiger partial charge in [0.05, 0.1) is 16.0 Å². The van der Waals surface area contributed by atoms with Gasteiger partial charge in [0, 0.05) is 11.8 Å². The SMILES string of the molecule is CC1=c2cc(C(=O)O)c(-c3cncs3)cc2=CC=CC1. The highest BCUT2D eigenvalue weighted by molar-refractivity contribution is 7.13. The molecule has 0 spiro atoms. The Morgan fingerprint density at radius 2 is 2.25 bits per heavy atom. The Kier molecular flexibility index (Phi) is 3.24. The maximum atomic E-state index is 11.5. The summed E-state index contributed by atoms with van der Waals surface area (Å²) in [5.74, 6) is -0.902. The minimum absolute atomic E-state index is 0.336. The number of carbonyl (C=O) groups is 1. The van der Waals surface area contributed by atoms with Crippen molar-refractivity contribution in [1.29, 1.82) is 0 Å². The van der Waals surface area contributed by atoms with E-state index in [1.54, 1.807) is 17.8 Å². The summed E-state index contributed by atoms with van der Waals surface area (Å²) in [7, 11) is 0. The number of aromatic carboxylic acids is 1. The molecule has 4 heteroatoms. The molecule has 100 valence electrons. The summed E-state index contributed by atoms with van der Waals surface area (Å²) in [6, 6.07) is 3.73. The molecule has 0 bridgehead atoms. The van der Waals surface area contributed by atoms with Crippen LogP contribution in [-0.2, 0) is 0 Å². The highest BCUT2D eigenvalue weighted by Crippen LogP contribution is 2.25. The Morgan fingerprint density at radius 1 is 1.40 bits per heavy atom. The summed E-state index contributed by atoms with van der Waals surface area (Å²) < 4.78 is 0. The van der Waals surface area contributed by atoms with Crippen molar-refractivity contribution >= 4 is 29.0 Å². The number of fused-ring (bicyclic) bond motifs is 1. The van der Waals surface area contributed by atoms with Gasteiger partial charge >= 0.3 is 5.97 Å². The molecule has 3 nitrogen and oxygen atoms in total. The van der Waals surface area contributed by atoms with Gasteiger partial charge in [0.15, 0.2) is 0 Å². The highest BCUT2D eigenvalue weighted by Gasteiger charge is 2.14. The second kappa shape index (κ2) is 5.06. The molecule has 0 saturated heterocycles. The lowest BCUT2D eigenvalue weighted by atomic mass is 10.0. The van der Waals surface area contributed by atoms with Crippen molar-refractivity contribution in [2.75, 3.05) is 0 Å². The molecule has 20 heavy (non-hydrogen) atoms. The molecule has 0 fully saturated rings. The molecule has 1 N–H and O–H groups in total. The van der Waals surface area contributed by atoms with Crippen LogP contribution < -0.4 is 10.4 Å². The summed E-state index contributed by atoms with van der Waals surface area (Å²) in [4.78, 5) is 16.5. The third-order valence-electron chi connectivity index (χ3n) is 3.41. The Hall–Kier alpha value is -2.20. The van der Waals surface area contributed by atoms with Gasteiger partial charge in [0.1, 0.15) is 0 Å². The topological polar surface area (TPSA) is 50.2 Å². The van der Waals surface area contributed by atoms with Crippen molar-refractivity contribution in [3.05, 3.63) is 52.0 Å². The maximum Gasteiger partial charge on any atom is 0.336 e. The fourth-order valence-electron chi connectivity index (χ4n) is 2.38. The van der Waals surface area contributed by atoms with Crippen molar-refractivity contribution in [3.63, 3.8) is 0 Å². The molecule has 1 heterocycles. The Morgan fingerprint density at radius 3 is 2.95 bits per heavy atom. The highest BCUT2D eigenvalue weighted by atomic mass is 32.1. The molecule has 2 aromatic rings. The molecule has 0 amide bonds. The van der Waals surface area contributed by atoms with Crippen LogP contribution in [0.3, 0.4) is 0 Å². The molecule has 1 aliphatic rings. The number of allylic oxidation sites excluding steroid dienone is 2. The summed E-state index contributed by atoms with van der Waals surface area (Å²) in [5, 5.41) is 11.5. The monoisotopic (exact) mass is 283 g/mol. The first-order chi connectivity index (χ1) is 9.66. The Labute approximate surface area is 120 Å². The van der Waals surface area contributed by atoms with Crippen LogP contribution in [0.25, 0.3) is 22.1 Å². The van der Waals surface area contributed by atoms with E-state index < -0.39 is 5.97 Å². The first kappa shape index (κ1) is 12.8. The summed E-state index contributed by atoms with van der Waals surface area (Å²) in [5.41, 5.74) is 3.97. The quantitative estimate of drug-likeness (QED) is 0.921. The fourth-order valence-corrected chi connectivity index (χ4v) is 3.03. The van der Waals surface area contributed by atoms with Crippen LogP contribution >= 0.6 is 11.3 Å². The van der Waals surface area contributed by atoms with E-state index in [0.29, 0.717) is 5.56 Å². The Balaban J connectivity index is 2.40. The van der Waals surface area contributed by atoms with Gasteiger partial charge in [-0.2, -0.15) is 0 Å². The number of nitrogens with zero attached hydrogens (tertiary/aromatic N) is 1. The smallest absolute Gasteiger partial charge is 0.336 e. The zero-order chi connectivity index (χ0) is 14.1. The number of hydrogen-bond acceptors (Lipinski definition) is 3. The van der Waals surface area contributed by atoms with E-state index >= 15 is 0 Å². The second-order valence-corrected chi connectivity index (χ2v) is 5.62. The molecule has 0 aliphatic heterocycles. The van der Waals surface area contributed by atoms with Crippen molar-refractivity contribution < 1.29 is 9.90 Å². The minimum Gasteiger partial charge on any atom is -0.478 e. The number of aromatic nitrogens is 1. The lowest BCUT2D eigenvalue weighted by Crippen LogP contribution is -2.28. The molecule has 0 atom stereocenters. The molecular weight excluding hydrogens is 270 g/mol. The number of carboxylic acid groups (broad SMARTS) is 1. The van der Waals surface area contributed by atoms with Crippen molar-refractivity contribution in [1.82, 2.24) is 4.98 Å². The van der Waals surface area contributed by atoms with E-state index in [4.69, 9.17) is 0 Å².